The molecule has 0 aliphatic carbocycles. The smallest absolute Gasteiger partial charge is 0.130 e. The minimum atomic E-state index is -1.01. The molecule has 3 aromatic rings. The van der Waals surface area contributed by atoms with Gasteiger partial charge in [0.2, 0.25) is 0 Å². The van der Waals surface area contributed by atoms with Gasteiger partial charge in [-0.15, -0.1) is 0 Å². The molecule has 0 spiro atoms. The highest BCUT2D eigenvalue weighted by atomic mass is 16.3. The molecule has 0 saturated carbocycles. The van der Waals surface area contributed by atoms with Crippen molar-refractivity contribution in [3.05, 3.63) is 108 Å². The molecule has 1 saturated heterocycles. The van der Waals surface area contributed by atoms with E-state index in [1.54, 1.807) is 0 Å². The van der Waals surface area contributed by atoms with E-state index in [-0.39, 0.29) is 12.1 Å². The molecule has 0 aromatic heterocycles. The second-order valence-electron chi connectivity index (χ2n) is 7.13. The van der Waals surface area contributed by atoms with Crippen LogP contribution in [0.25, 0.3) is 0 Å². The molecular formula is C24H25NO. The molecule has 0 bridgehead atoms. The molecule has 4 rings (SSSR count). The summed E-state index contributed by atoms with van der Waals surface area (Å²) in [5.74, 6) is 0. The maximum Gasteiger partial charge on any atom is 0.130 e. The Labute approximate surface area is 155 Å². The summed E-state index contributed by atoms with van der Waals surface area (Å²) in [7, 11) is 0. The summed E-state index contributed by atoms with van der Waals surface area (Å²) in [4.78, 5) is 2.43. The molecule has 1 fully saturated rings. The van der Waals surface area contributed by atoms with E-state index in [1.807, 2.05) is 66.7 Å². The van der Waals surface area contributed by atoms with Crippen LogP contribution in [0.1, 0.15) is 36.1 Å². The maximum atomic E-state index is 12.0. The van der Waals surface area contributed by atoms with Crippen molar-refractivity contribution in [3.8, 4) is 0 Å². The number of hydrogen-bond acceptors (Lipinski definition) is 2. The van der Waals surface area contributed by atoms with E-state index in [2.05, 4.69) is 36.1 Å². The molecule has 2 atom stereocenters. The van der Waals surface area contributed by atoms with Gasteiger partial charge in [0.1, 0.15) is 5.60 Å². The molecule has 26 heavy (non-hydrogen) atoms. The summed E-state index contributed by atoms with van der Waals surface area (Å²) in [6.45, 7) is 3.24. The second kappa shape index (κ2) is 7.06. The summed E-state index contributed by atoms with van der Waals surface area (Å²) in [6.07, 6.45) is 0.984. The van der Waals surface area contributed by atoms with Crippen LogP contribution in [-0.4, -0.2) is 22.6 Å². The standard InChI is InChI=1S/C24H25NO/c1-19(20-11-5-2-6-12-20)25-18-17-23(25)24(26,21-13-7-3-8-14-21)22-15-9-4-10-16-22/h2-16,19,23,26H,17-18H2,1H3/t19-,23+/m0/s1. The normalized spacial score (nSPS) is 18.9. The van der Waals surface area contributed by atoms with E-state index < -0.39 is 5.60 Å². The SMILES string of the molecule is C[C@@H](c1ccccc1)N1CC[C@@H]1C(O)(c1ccccc1)c1ccccc1. The summed E-state index contributed by atoms with van der Waals surface area (Å²) in [5, 5.41) is 12.0. The van der Waals surface area contributed by atoms with Crippen LogP contribution in [0.5, 0.6) is 0 Å². The van der Waals surface area contributed by atoms with Crippen molar-refractivity contribution in [3.63, 3.8) is 0 Å². The number of hydrogen-bond donors (Lipinski definition) is 1. The Bertz CT molecular complexity index is 792. The van der Waals surface area contributed by atoms with Crippen molar-refractivity contribution >= 4 is 0 Å². The van der Waals surface area contributed by atoms with Crippen molar-refractivity contribution in [2.75, 3.05) is 6.54 Å². The third kappa shape index (κ3) is 2.86. The Hall–Kier alpha value is -2.42. The van der Waals surface area contributed by atoms with E-state index in [1.165, 1.54) is 5.56 Å². The number of likely N-dealkylation sites (tertiary alicyclic amines) is 1. The van der Waals surface area contributed by atoms with E-state index >= 15 is 0 Å². The third-order valence-electron chi connectivity index (χ3n) is 5.75. The lowest BCUT2D eigenvalue weighted by Crippen LogP contribution is -2.60. The zero-order valence-electron chi connectivity index (χ0n) is 15.1. The first-order valence-corrected chi connectivity index (χ1v) is 9.35. The average molecular weight is 343 g/mol. The van der Waals surface area contributed by atoms with Gasteiger partial charge >= 0.3 is 0 Å². The molecule has 132 valence electrons. The van der Waals surface area contributed by atoms with E-state index in [0.717, 1.165) is 24.1 Å². The van der Waals surface area contributed by atoms with Gasteiger partial charge in [-0.05, 0) is 30.0 Å². The highest BCUT2D eigenvalue weighted by Crippen LogP contribution is 2.44. The van der Waals surface area contributed by atoms with Crippen LogP contribution >= 0.6 is 0 Å². The first-order valence-electron chi connectivity index (χ1n) is 9.35. The lowest BCUT2D eigenvalue weighted by atomic mass is 9.74. The molecule has 0 amide bonds. The van der Waals surface area contributed by atoms with Gasteiger partial charge in [-0.25, -0.2) is 0 Å². The fourth-order valence-corrected chi connectivity index (χ4v) is 4.18. The number of benzene rings is 3. The molecular weight excluding hydrogens is 318 g/mol. The van der Waals surface area contributed by atoms with Gasteiger partial charge in [0.15, 0.2) is 0 Å². The topological polar surface area (TPSA) is 23.5 Å². The Morgan fingerprint density at radius 1 is 0.808 bits per heavy atom. The van der Waals surface area contributed by atoms with E-state index in [0.29, 0.717) is 0 Å². The monoisotopic (exact) mass is 343 g/mol. The first-order chi connectivity index (χ1) is 12.7. The fourth-order valence-electron chi connectivity index (χ4n) is 4.18. The number of nitrogens with zero attached hydrogens (tertiary/aromatic N) is 1. The van der Waals surface area contributed by atoms with Crippen LogP contribution in [-0.2, 0) is 5.60 Å². The van der Waals surface area contributed by atoms with Gasteiger partial charge in [0.25, 0.3) is 0 Å². The number of rotatable bonds is 5. The van der Waals surface area contributed by atoms with Crippen LogP contribution < -0.4 is 0 Å². The van der Waals surface area contributed by atoms with Crippen molar-refractivity contribution in [2.45, 2.75) is 31.0 Å². The summed E-state index contributed by atoms with van der Waals surface area (Å²) < 4.78 is 0. The van der Waals surface area contributed by atoms with Gasteiger partial charge in [-0.1, -0.05) is 91.0 Å². The third-order valence-corrected chi connectivity index (χ3v) is 5.75. The maximum absolute atomic E-state index is 12.0. The Balaban J connectivity index is 1.73. The second-order valence-corrected chi connectivity index (χ2v) is 7.13. The Kier molecular flexibility index (Phi) is 4.62. The highest BCUT2D eigenvalue weighted by molar-refractivity contribution is 5.39. The van der Waals surface area contributed by atoms with Crippen LogP contribution in [0, 0.1) is 0 Å². The molecule has 1 N–H and O–H groups in total. The lowest BCUT2D eigenvalue weighted by Gasteiger charge is -2.53. The Morgan fingerprint density at radius 3 is 1.69 bits per heavy atom. The van der Waals surface area contributed by atoms with Crippen LogP contribution in [0.4, 0.5) is 0 Å². The van der Waals surface area contributed by atoms with Gasteiger partial charge < -0.3 is 5.11 Å². The molecule has 3 aromatic carbocycles. The quantitative estimate of drug-likeness (QED) is 0.722. The van der Waals surface area contributed by atoms with Crippen LogP contribution in [0.15, 0.2) is 91.0 Å². The van der Waals surface area contributed by atoms with Crippen molar-refractivity contribution in [1.82, 2.24) is 4.90 Å². The minimum absolute atomic E-state index is 0.0579. The summed E-state index contributed by atoms with van der Waals surface area (Å²) in [6, 6.07) is 31.1. The first kappa shape index (κ1) is 17.0. The van der Waals surface area contributed by atoms with Gasteiger partial charge in [0, 0.05) is 18.6 Å². The molecule has 1 aliphatic heterocycles. The van der Waals surface area contributed by atoms with Gasteiger partial charge in [-0.2, -0.15) is 0 Å². The van der Waals surface area contributed by atoms with E-state index in [4.69, 9.17) is 0 Å². The van der Waals surface area contributed by atoms with Crippen LogP contribution in [0.3, 0.4) is 0 Å². The predicted octanol–water partition coefficient (Wildman–Crippen LogP) is 4.76. The molecule has 2 nitrogen and oxygen atoms in total. The van der Waals surface area contributed by atoms with E-state index in [9.17, 15) is 5.11 Å². The Morgan fingerprint density at radius 2 is 1.27 bits per heavy atom. The molecule has 1 aliphatic rings. The minimum Gasteiger partial charge on any atom is -0.379 e. The average Bonchev–Trinajstić information content (AvgIpc) is 2.69. The largest absolute Gasteiger partial charge is 0.379 e. The highest BCUT2D eigenvalue weighted by Gasteiger charge is 2.49. The molecule has 1 heterocycles. The van der Waals surface area contributed by atoms with Gasteiger partial charge in [0.05, 0.1) is 0 Å². The van der Waals surface area contributed by atoms with Gasteiger partial charge in [-0.3, -0.25) is 4.90 Å². The fraction of sp³-hybridized carbons (Fsp3) is 0.250. The van der Waals surface area contributed by atoms with Crippen molar-refractivity contribution in [1.29, 1.82) is 0 Å². The predicted molar refractivity (Wildman–Crippen MR) is 106 cm³/mol. The van der Waals surface area contributed by atoms with Crippen molar-refractivity contribution in [2.24, 2.45) is 0 Å². The lowest BCUT2D eigenvalue weighted by molar-refractivity contribution is -0.0893. The molecule has 0 radical (unpaired) electrons. The number of aliphatic hydroxyl groups is 1. The summed E-state index contributed by atoms with van der Waals surface area (Å²) in [5.41, 5.74) is 2.20. The zero-order valence-corrected chi connectivity index (χ0v) is 15.1. The molecule has 2 heteroatoms. The summed E-state index contributed by atoms with van der Waals surface area (Å²) >= 11 is 0. The molecule has 0 unspecified atom stereocenters. The van der Waals surface area contributed by atoms with Crippen LogP contribution in [0.2, 0.25) is 0 Å². The van der Waals surface area contributed by atoms with Crippen molar-refractivity contribution < 1.29 is 5.11 Å². The zero-order chi connectivity index (χ0) is 18.0.